The molecular weight excluding hydrogens is 294 g/mol. The molecule has 1 aliphatic carbocycles. The number of hydrogen-bond acceptors (Lipinski definition) is 4. The summed E-state index contributed by atoms with van der Waals surface area (Å²) in [6.45, 7) is 0. The van der Waals surface area contributed by atoms with Gasteiger partial charge in [0.05, 0.1) is 23.7 Å². The quantitative estimate of drug-likeness (QED) is 0.832. The molecule has 1 unspecified atom stereocenters. The largest absolute Gasteiger partial charge is 0.481 e. The lowest BCUT2D eigenvalue weighted by Crippen LogP contribution is -2.37. The van der Waals surface area contributed by atoms with E-state index in [0.717, 1.165) is 31.3 Å². The summed E-state index contributed by atoms with van der Waals surface area (Å²) in [4.78, 5) is 25.5. The topological polar surface area (TPSA) is 107 Å². The summed E-state index contributed by atoms with van der Waals surface area (Å²) >= 11 is 0. The standard InChI is InChI=1S/C17H17N3O3/c18-9-10-5-6-11(7-14(10)19)20-15-4-2-1-3-12(15)13(17(20)23)8-16(21)22/h5-7,15H,1-4,8,19H2,(H,21,22). The number of carboxylic acid groups (broad SMARTS) is 1. The van der Waals surface area contributed by atoms with Crippen LogP contribution in [0.3, 0.4) is 0 Å². The maximum absolute atomic E-state index is 12.8. The molecule has 1 aromatic carbocycles. The molecule has 1 amide bonds. The van der Waals surface area contributed by atoms with Crippen molar-refractivity contribution in [1.82, 2.24) is 0 Å². The highest BCUT2D eigenvalue weighted by Crippen LogP contribution is 2.41. The van der Waals surface area contributed by atoms with E-state index in [9.17, 15) is 9.59 Å². The van der Waals surface area contributed by atoms with E-state index in [-0.39, 0.29) is 18.4 Å². The lowest BCUT2D eigenvalue weighted by atomic mass is 9.88. The molecule has 0 saturated heterocycles. The maximum Gasteiger partial charge on any atom is 0.308 e. The number of anilines is 2. The number of hydrogen-bond donors (Lipinski definition) is 2. The van der Waals surface area contributed by atoms with Crippen molar-refractivity contribution in [1.29, 1.82) is 5.26 Å². The average molecular weight is 311 g/mol. The van der Waals surface area contributed by atoms with Crippen LogP contribution in [0.4, 0.5) is 11.4 Å². The smallest absolute Gasteiger partial charge is 0.308 e. The number of carboxylic acids is 1. The highest BCUT2D eigenvalue weighted by Gasteiger charge is 2.41. The minimum absolute atomic E-state index is 0.0852. The second kappa shape index (κ2) is 5.76. The molecule has 6 nitrogen and oxygen atoms in total. The number of carbonyl (C=O) groups excluding carboxylic acids is 1. The molecule has 0 radical (unpaired) electrons. The number of aliphatic carboxylic acids is 1. The van der Waals surface area contributed by atoms with Crippen LogP contribution < -0.4 is 10.6 Å². The molecule has 0 spiro atoms. The molecule has 1 aromatic rings. The summed E-state index contributed by atoms with van der Waals surface area (Å²) in [6, 6.07) is 6.82. The first kappa shape index (κ1) is 15.1. The predicted molar refractivity (Wildman–Crippen MR) is 84.6 cm³/mol. The number of rotatable bonds is 3. The van der Waals surface area contributed by atoms with Gasteiger partial charge < -0.3 is 15.7 Å². The third kappa shape index (κ3) is 2.55. The molecule has 23 heavy (non-hydrogen) atoms. The van der Waals surface area contributed by atoms with Crippen LogP contribution in [0.15, 0.2) is 29.3 Å². The zero-order valence-corrected chi connectivity index (χ0v) is 12.6. The molecule has 1 fully saturated rings. The van der Waals surface area contributed by atoms with Crippen LogP contribution in [0.5, 0.6) is 0 Å². The molecule has 3 N–H and O–H groups in total. The van der Waals surface area contributed by atoms with E-state index in [4.69, 9.17) is 16.1 Å². The number of nitrogen functional groups attached to an aromatic ring is 1. The van der Waals surface area contributed by atoms with E-state index in [2.05, 4.69) is 0 Å². The number of carbonyl (C=O) groups is 2. The maximum atomic E-state index is 12.8. The van der Waals surface area contributed by atoms with Crippen molar-refractivity contribution in [3.63, 3.8) is 0 Å². The fourth-order valence-corrected chi connectivity index (χ4v) is 3.49. The van der Waals surface area contributed by atoms with Gasteiger partial charge in [0.2, 0.25) is 0 Å². The summed E-state index contributed by atoms with van der Waals surface area (Å²) in [6.07, 6.45) is 3.33. The fraction of sp³-hybridized carbons (Fsp3) is 0.353. The molecule has 1 atom stereocenters. The second-order valence-electron chi connectivity index (χ2n) is 5.89. The van der Waals surface area contributed by atoms with Gasteiger partial charge in [0, 0.05) is 11.3 Å². The summed E-state index contributed by atoms with van der Waals surface area (Å²) < 4.78 is 0. The third-order valence-electron chi connectivity index (χ3n) is 4.51. The number of nitriles is 1. The van der Waals surface area contributed by atoms with Crippen molar-refractivity contribution in [2.45, 2.75) is 38.1 Å². The van der Waals surface area contributed by atoms with Gasteiger partial charge in [-0.1, -0.05) is 6.42 Å². The first-order valence-electron chi connectivity index (χ1n) is 7.60. The van der Waals surface area contributed by atoms with Gasteiger partial charge in [0.1, 0.15) is 6.07 Å². The zero-order chi connectivity index (χ0) is 16.6. The fourth-order valence-electron chi connectivity index (χ4n) is 3.49. The lowest BCUT2D eigenvalue weighted by molar-refractivity contribution is -0.136. The average Bonchev–Trinajstić information content (AvgIpc) is 2.79. The van der Waals surface area contributed by atoms with Crippen LogP contribution in [0.2, 0.25) is 0 Å². The van der Waals surface area contributed by atoms with Gasteiger partial charge in [-0.2, -0.15) is 5.26 Å². The first-order chi connectivity index (χ1) is 11.0. The molecule has 1 aliphatic heterocycles. The Balaban J connectivity index is 2.01. The van der Waals surface area contributed by atoms with Gasteiger partial charge in [-0.15, -0.1) is 0 Å². The Morgan fingerprint density at radius 1 is 1.43 bits per heavy atom. The Bertz CT molecular complexity index is 761. The lowest BCUT2D eigenvalue weighted by Gasteiger charge is -2.30. The van der Waals surface area contributed by atoms with E-state index in [1.807, 2.05) is 6.07 Å². The summed E-state index contributed by atoms with van der Waals surface area (Å²) in [7, 11) is 0. The van der Waals surface area contributed by atoms with Gasteiger partial charge in [-0.3, -0.25) is 9.59 Å². The monoisotopic (exact) mass is 311 g/mol. The van der Waals surface area contributed by atoms with Gasteiger partial charge in [0.15, 0.2) is 0 Å². The van der Waals surface area contributed by atoms with Crippen molar-refractivity contribution >= 4 is 23.3 Å². The highest BCUT2D eigenvalue weighted by atomic mass is 16.4. The van der Waals surface area contributed by atoms with E-state index < -0.39 is 5.97 Å². The zero-order valence-electron chi connectivity index (χ0n) is 12.6. The number of amides is 1. The molecule has 3 rings (SSSR count). The van der Waals surface area contributed by atoms with E-state index in [0.29, 0.717) is 22.5 Å². The summed E-state index contributed by atoms with van der Waals surface area (Å²) in [5.74, 6) is -1.25. The van der Waals surface area contributed by atoms with Gasteiger partial charge in [-0.05, 0) is 43.0 Å². The van der Waals surface area contributed by atoms with Crippen LogP contribution in [-0.2, 0) is 9.59 Å². The van der Waals surface area contributed by atoms with Crippen molar-refractivity contribution in [3.05, 3.63) is 34.9 Å². The van der Waals surface area contributed by atoms with Gasteiger partial charge in [0.25, 0.3) is 5.91 Å². The molecule has 1 heterocycles. The minimum atomic E-state index is -0.994. The van der Waals surface area contributed by atoms with Crippen LogP contribution in [-0.4, -0.2) is 23.0 Å². The molecule has 0 aromatic heterocycles. The van der Waals surface area contributed by atoms with Crippen LogP contribution in [0, 0.1) is 11.3 Å². The third-order valence-corrected chi connectivity index (χ3v) is 4.51. The Labute approximate surface area is 133 Å². The second-order valence-corrected chi connectivity index (χ2v) is 5.89. The molecule has 1 saturated carbocycles. The number of nitrogens with two attached hydrogens (primary N) is 1. The Morgan fingerprint density at radius 2 is 2.22 bits per heavy atom. The molecule has 6 heteroatoms. The van der Waals surface area contributed by atoms with E-state index in [1.54, 1.807) is 23.1 Å². The normalized spacial score (nSPS) is 20.4. The summed E-state index contributed by atoms with van der Waals surface area (Å²) in [5.41, 5.74) is 8.52. The minimum Gasteiger partial charge on any atom is -0.481 e. The van der Waals surface area contributed by atoms with Crippen molar-refractivity contribution < 1.29 is 14.7 Å². The van der Waals surface area contributed by atoms with Crippen LogP contribution in [0.25, 0.3) is 0 Å². The first-order valence-corrected chi connectivity index (χ1v) is 7.60. The molecule has 0 bridgehead atoms. The van der Waals surface area contributed by atoms with E-state index in [1.165, 1.54) is 0 Å². The van der Waals surface area contributed by atoms with Crippen LogP contribution in [0.1, 0.15) is 37.7 Å². The summed E-state index contributed by atoms with van der Waals surface area (Å²) in [5, 5.41) is 18.1. The van der Waals surface area contributed by atoms with Crippen molar-refractivity contribution in [2.75, 3.05) is 10.6 Å². The Hall–Kier alpha value is -2.81. The van der Waals surface area contributed by atoms with Gasteiger partial charge in [-0.25, -0.2) is 0 Å². The van der Waals surface area contributed by atoms with Crippen molar-refractivity contribution in [3.8, 4) is 6.07 Å². The Morgan fingerprint density at radius 3 is 2.87 bits per heavy atom. The number of nitrogens with zero attached hydrogens (tertiary/aromatic N) is 2. The van der Waals surface area contributed by atoms with Gasteiger partial charge >= 0.3 is 5.97 Å². The van der Waals surface area contributed by atoms with Crippen LogP contribution >= 0.6 is 0 Å². The highest BCUT2D eigenvalue weighted by molar-refractivity contribution is 6.12. The SMILES string of the molecule is N#Cc1ccc(N2C(=O)C(CC(=O)O)=C3CCCCC32)cc1N. The van der Waals surface area contributed by atoms with Crippen molar-refractivity contribution in [2.24, 2.45) is 0 Å². The number of benzene rings is 1. The molecule has 2 aliphatic rings. The number of fused-ring (bicyclic) bond motifs is 1. The predicted octanol–water partition coefficient (Wildman–Crippen LogP) is 2.20. The molecule has 118 valence electrons. The molecular formula is C17H17N3O3. The Kier molecular flexibility index (Phi) is 3.78. The van der Waals surface area contributed by atoms with E-state index >= 15 is 0 Å².